The molecule has 0 saturated heterocycles. The number of benzene rings is 1. The first-order valence-electron chi connectivity index (χ1n) is 9.33. The molecule has 7 nitrogen and oxygen atoms in total. The van der Waals surface area contributed by atoms with Crippen LogP contribution in [0.1, 0.15) is 27.0 Å². The van der Waals surface area contributed by atoms with E-state index >= 15 is 0 Å². The van der Waals surface area contributed by atoms with E-state index in [1.807, 2.05) is 24.3 Å². The first-order valence-corrected chi connectivity index (χ1v) is 9.33. The number of hydrogen-bond donors (Lipinski definition) is 1. The Hall–Kier alpha value is -3.09. The second-order valence-electron chi connectivity index (χ2n) is 6.99. The summed E-state index contributed by atoms with van der Waals surface area (Å²) in [5, 5.41) is 2.98. The predicted octanol–water partition coefficient (Wildman–Crippen LogP) is 2.10. The number of methoxy groups -OCH3 is 1. The van der Waals surface area contributed by atoms with E-state index < -0.39 is 0 Å². The van der Waals surface area contributed by atoms with Crippen LogP contribution in [0.4, 0.5) is 4.79 Å². The molecule has 0 saturated carbocycles. The molecule has 1 aromatic carbocycles. The summed E-state index contributed by atoms with van der Waals surface area (Å²) in [6.07, 6.45) is 4.69. The lowest BCUT2D eigenvalue weighted by Crippen LogP contribution is -2.42. The summed E-state index contributed by atoms with van der Waals surface area (Å²) in [7, 11) is 5.12. The number of pyridine rings is 1. The molecule has 0 atom stereocenters. The molecule has 1 aliphatic rings. The highest BCUT2D eigenvalue weighted by Crippen LogP contribution is 2.22. The number of amides is 3. The van der Waals surface area contributed by atoms with E-state index in [0.29, 0.717) is 38.0 Å². The molecule has 0 aliphatic carbocycles. The van der Waals surface area contributed by atoms with Crippen molar-refractivity contribution in [3.8, 4) is 5.75 Å². The van der Waals surface area contributed by atoms with Crippen molar-refractivity contribution in [3.63, 3.8) is 0 Å². The zero-order valence-corrected chi connectivity index (χ0v) is 16.6. The lowest BCUT2D eigenvalue weighted by Gasteiger charge is -2.31. The largest absolute Gasteiger partial charge is 0.496 e. The van der Waals surface area contributed by atoms with Gasteiger partial charge in [0, 0.05) is 46.1 Å². The Kier molecular flexibility index (Phi) is 6.13. The fourth-order valence-corrected chi connectivity index (χ4v) is 3.45. The highest BCUT2D eigenvalue weighted by molar-refractivity contribution is 5.95. The molecule has 0 bridgehead atoms. The van der Waals surface area contributed by atoms with Crippen molar-refractivity contribution >= 4 is 11.9 Å². The summed E-state index contributed by atoms with van der Waals surface area (Å²) in [5.74, 6) is 0.688. The number of hydrogen-bond acceptors (Lipinski definition) is 4. The average Bonchev–Trinajstić information content (AvgIpc) is 2.72. The fourth-order valence-electron chi connectivity index (χ4n) is 3.45. The molecule has 28 heavy (non-hydrogen) atoms. The molecule has 0 radical (unpaired) electrons. The zero-order chi connectivity index (χ0) is 20.1. The van der Waals surface area contributed by atoms with Crippen molar-refractivity contribution in [2.45, 2.75) is 19.4 Å². The lowest BCUT2D eigenvalue weighted by molar-refractivity contribution is 0.0952. The molecule has 3 amide bonds. The van der Waals surface area contributed by atoms with Gasteiger partial charge in [0.2, 0.25) is 0 Å². The lowest BCUT2D eigenvalue weighted by atomic mass is 9.97. The van der Waals surface area contributed by atoms with Crippen molar-refractivity contribution in [1.29, 1.82) is 0 Å². The number of carbonyl (C=O) groups excluding carboxylic acids is 2. The molecule has 3 rings (SSSR count). The van der Waals surface area contributed by atoms with Crippen molar-refractivity contribution in [3.05, 3.63) is 58.9 Å². The van der Waals surface area contributed by atoms with Gasteiger partial charge >= 0.3 is 6.03 Å². The number of carbonyl (C=O) groups is 2. The molecular formula is C21H26N4O3. The summed E-state index contributed by atoms with van der Waals surface area (Å²) in [4.78, 5) is 32.5. The van der Waals surface area contributed by atoms with E-state index in [1.165, 1.54) is 0 Å². The van der Waals surface area contributed by atoms with Crippen LogP contribution < -0.4 is 10.1 Å². The van der Waals surface area contributed by atoms with Gasteiger partial charge in [-0.3, -0.25) is 9.78 Å². The SMILES string of the molecule is COc1ccccc1CCNC(=O)c1cncc2c1CCN(C(=O)N(C)C)C2. The van der Waals surface area contributed by atoms with E-state index in [9.17, 15) is 9.59 Å². The third kappa shape index (κ3) is 4.24. The van der Waals surface area contributed by atoms with Gasteiger partial charge in [-0.2, -0.15) is 0 Å². The molecule has 0 fully saturated rings. The Morgan fingerprint density at radius 3 is 2.79 bits per heavy atom. The third-order valence-corrected chi connectivity index (χ3v) is 4.91. The van der Waals surface area contributed by atoms with Gasteiger partial charge in [0.1, 0.15) is 5.75 Å². The average molecular weight is 382 g/mol. The summed E-state index contributed by atoms with van der Waals surface area (Å²) in [6.45, 7) is 1.57. The quantitative estimate of drug-likeness (QED) is 0.859. The molecule has 2 aromatic rings. The maximum atomic E-state index is 12.7. The molecule has 0 unspecified atom stereocenters. The predicted molar refractivity (Wildman–Crippen MR) is 106 cm³/mol. The van der Waals surface area contributed by atoms with E-state index in [0.717, 1.165) is 22.4 Å². The number of nitrogens with one attached hydrogen (secondary N) is 1. The normalized spacial score (nSPS) is 12.9. The maximum Gasteiger partial charge on any atom is 0.319 e. The molecule has 1 aliphatic heterocycles. The zero-order valence-electron chi connectivity index (χ0n) is 16.6. The van der Waals surface area contributed by atoms with Gasteiger partial charge in [0.25, 0.3) is 5.91 Å². The maximum absolute atomic E-state index is 12.7. The number of nitrogens with zero attached hydrogens (tertiary/aromatic N) is 3. The van der Waals surface area contributed by atoms with Crippen LogP contribution >= 0.6 is 0 Å². The van der Waals surface area contributed by atoms with Crippen molar-refractivity contribution in [1.82, 2.24) is 20.1 Å². The van der Waals surface area contributed by atoms with Crippen LogP contribution in [0, 0.1) is 0 Å². The Labute approximate surface area is 165 Å². The number of para-hydroxylation sites is 1. The summed E-state index contributed by atoms with van der Waals surface area (Å²) < 4.78 is 5.35. The molecule has 1 aromatic heterocycles. The van der Waals surface area contributed by atoms with Crippen LogP contribution in [-0.4, -0.2) is 61.0 Å². The topological polar surface area (TPSA) is 74.8 Å². The third-order valence-electron chi connectivity index (χ3n) is 4.91. The minimum atomic E-state index is -0.133. The Morgan fingerprint density at radius 1 is 1.25 bits per heavy atom. The van der Waals surface area contributed by atoms with Crippen LogP contribution in [0.5, 0.6) is 5.75 Å². The first kappa shape index (κ1) is 19.7. The van der Waals surface area contributed by atoms with Gasteiger partial charge in [-0.1, -0.05) is 18.2 Å². The van der Waals surface area contributed by atoms with Crippen LogP contribution in [-0.2, 0) is 19.4 Å². The molecule has 0 spiro atoms. The van der Waals surface area contributed by atoms with Crippen molar-refractivity contribution in [2.75, 3.05) is 34.3 Å². The fraction of sp³-hybridized carbons (Fsp3) is 0.381. The van der Waals surface area contributed by atoms with Crippen LogP contribution in [0.3, 0.4) is 0 Å². The van der Waals surface area contributed by atoms with Crippen LogP contribution in [0.2, 0.25) is 0 Å². The van der Waals surface area contributed by atoms with Crippen molar-refractivity contribution < 1.29 is 14.3 Å². The van der Waals surface area contributed by atoms with E-state index in [-0.39, 0.29) is 11.9 Å². The monoisotopic (exact) mass is 382 g/mol. The number of aromatic nitrogens is 1. The molecule has 148 valence electrons. The van der Waals surface area contributed by atoms with Gasteiger partial charge in [0.15, 0.2) is 0 Å². The number of fused-ring (bicyclic) bond motifs is 1. The highest BCUT2D eigenvalue weighted by Gasteiger charge is 2.25. The Balaban J connectivity index is 1.65. The highest BCUT2D eigenvalue weighted by atomic mass is 16.5. The standard InChI is InChI=1S/C21H26N4O3/c1-24(2)21(27)25-11-9-17-16(14-25)12-22-13-18(17)20(26)23-10-8-15-6-4-5-7-19(15)28-3/h4-7,12-13H,8-11,14H2,1-3H3,(H,23,26). The molecule has 1 N–H and O–H groups in total. The van der Waals surface area contributed by atoms with Gasteiger partial charge in [-0.15, -0.1) is 0 Å². The van der Waals surface area contributed by atoms with E-state index in [1.54, 1.807) is 43.4 Å². The van der Waals surface area contributed by atoms with Crippen LogP contribution in [0.15, 0.2) is 36.7 Å². The summed E-state index contributed by atoms with van der Waals surface area (Å²) >= 11 is 0. The van der Waals surface area contributed by atoms with Crippen LogP contribution in [0.25, 0.3) is 0 Å². The minimum absolute atomic E-state index is 0.0303. The smallest absolute Gasteiger partial charge is 0.319 e. The minimum Gasteiger partial charge on any atom is -0.496 e. The Bertz CT molecular complexity index is 866. The Morgan fingerprint density at radius 2 is 2.04 bits per heavy atom. The number of urea groups is 1. The van der Waals surface area contributed by atoms with Crippen molar-refractivity contribution in [2.24, 2.45) is 0 Å². The van der Waals surface area contributed by atoms with E-state index in [4.69, 9.17) is 4.74 Å². The summed E-state index contributed by atoms with van der Waals surface area (Å²) in [6, 6.07) is 7.76. The van der Waals surface area contributed by atoms with Gasteiger partial charge < -0.3 is 19.9 Å². The number of rotatable bonds is 5. The van der Waals surface area contributed by atoms with Gasteiger partial charge in [-0.05, 0) is 35.6 Å². The van der Waals surface area contributed by atoms with E-state index in [2.05, 4.69) is 10.3 Å². The molecule has 2 heterocycles. The molecule has 7 heteroatoms. The molecular weight excluding hydrogens is 356 g/mol. The van der Waals surface area contributed by atoms with Gasteiger partial charge in [0.05, 0.1) is 12.7 Å². The first-order chi connectivity index (χ1) is 13.5. The number of ether oxygens (including phenoxy) is 1. The second-order valence-corrected chi connectivity index (χ2v) is 6.99. The van der Waals surface area contributed by atoms with Gasteiger partial charge in [-0.25, -0.2) is 4.79 Å². The second kappa shape index (κ2) is 8.73. The summed E-state index contributed by atoms with van der Waals surface area (Å²) in [5.41, 5.74) is 3.55.